The van der Waals surface area contributed by atoms with E-state index in [2.05, 4.69) is 5.32 Å². The third-order valence-electron chi connectivity index (χ3n) is 4.03. The van der Waals surface area contributed by atoms with Gasteiger partial charge in [-0.2, -0.15) is 0 Å². The average Bonchev–Trinajstić information content (AvgIpc) is 2.93. The first-order valence-corrected chi connectivity index (χ1v) is 7.95. The van der Waals surface area contributed by atoms with Crippen LogP contribution in [0.5, 0.6) is 0 Å². The molecule has 1 N–H and O–H groups in total. The van der Waals surface area contributed by atoms with Crippen LogP contribution >= 0.6 is 11.6 Å². The molecule has 24 heavy (non-hydrogen) atoms. The molecule has 2 amide bonds. The van der Waals surface area contributed by atoms with Gasteiger partial charge in [-0.1, -0.05) is 29.3 Å². The molecule has 1 saturated heterocycles. The molecule has 0 aliphatic carbocycles. The van der Waals surface area contributed by atoms with E-state index >= 15 is 0 Å². The van der Waals surface area contributed by atoms with Crippen molar-refractivity contribution in [1.29, 1.82) is 0 Å². The van der Waals surface area contributed by atoms with E-state index in [4.69, 9.17) is 11.6 Å². The van der Waals surface area contributed by atoms with Crippen LogP contribution in [0.1, 0.15) is 12.0 Å². The van der Waals surface area contributed by atoms with Gasteiger partial charge >= 0.3 is 0 Å². The Hall–Kier alpha value is -2.40. The maximum atomic E-state index is 13.8. The van der Waals surface area contributed by atoms with Crippen LogP contribution in [0.15, 0.2) is 42.5 Å². The molecule has 3 rings (SSSR count). The van der Waals surface area contributed by atoms with Gasteiger partial charge in [-0.3, -0.25) is 9.59 Å². The molecule has 0 bridgehead atoms. The van der Waals surface area contributed by atoms with Crippen molar-refractivity contribution < 1.29 is 14.0 Å². The van der Waals surface area contributed by atoms with E-state index < -0.39 is 11.7 Å². The number of nitrogens with zero attached hydrogens (tertiary/aromatic N) is 1. The summed E-state index contributed by atoms with van der Waals surface area (Å²) in [5.41, 5.74) is 1.92. The van der Waals surface area contributed by atoms with Crippen LogP contribution in [0.25, 0.3) is 0 Å². The van der Waals surface area contributed by atoms with Crippen molar-refractivity contribution in [2.75, 3.05) is 16.8 Å². The van der Waals surface area contributed by atoms with Crippen LogP contribution in [0.3, 0.4) is 0 Å². The fourth-order valence-corrected chi connectivity index (χ4v) is 2.84. The van der Waals surface area contributed by atoms with Crippen LogP contribution in [0.2, 0.25) is 5.02 Å². The lowest BCUT2D eigenvalue weighted by molar-refractivity contribution is -0.122. The summed E-state index contributed by atoms with van der Waals surface area (Å²) in [4.78, 5) is 26.1. The molecule has 6 heteroatoms. The number of nitrogens with one attached hydrogen (secondary N) is 1. The molecule has 1 aliphatic rings. The highest BCUT2D eigenvalue weighted by atomic mass is 35.5. The van der Waals surface area contributed by atoms with Crippen LogP contribution in [0.4, 0.5) is 15.8 Å². The van der Waals surface area contributed by atoms with Gasteiger partial charge in [0.2, 0.25) is 11.8 Å². The van der Waals surface area contributed by atoms with Crippen molar-refractivity contribution in [3.63, 3.8) is 0 Å². The summed E-state index contributed by atoms with van der Waals surface area (Å²) in [6.07, 6.45) is 0.106. The number of carbonyl (C=O) groups is 2. The minimum absolute atomic E-state index is 0.0608. The van der Waals surface area contributed by atoms with Gasteiger partial charge in [-0.15, -0.1) is 0 Å². The number of hydrogen-bond donors (Lipinski definition) is 1. The van der Waals surface area contributed by atoms with Crippen molar-refractivity contribution in [2.24, 2.45) is 5.92 Å². The lowest BCUT2D eigenvalue weighted by atomic mass is 10.1. The zero-order chi connectivity index (χ0) is 17.3. The van der Waals surface area contributed by atoms with E-state index in [1.165, 1.54) is 12.1 Å². The third-order valence-corrected chi connectivity index (χ3v) is 4.27. The van der Waals surface area contributed by atoms with E-state index in [0.717, 1.165) is 17.3 Å². The van der Waals surface area contributed by atoms with Gasteiger partial charge < -0.3 is 10.2 Å². The van der Waals surface area contributed by atoms with E-state index in [-0.39, 0.29) is 35.5 Å². The Balaban J connectivity index is 1.70. The zero-order valence-corrected chi connectivity index (χ0v) is 13.8. The first-order valence-electron chi connectivity index (χ1n) is 7.57. The third kappa shape index (κ3) is 3.41. The molecule has 0 unspecified atom stereocenters. The van der Waals surface area contributed by atoms with Gasteiger partial charge in [0, 0.05) is 23.7 Å². The van der Waals surface area contributed by atoms with Gasteiger partial charge in [0.25, 0.3) is 0 Å². The molecule has 0 saturated carbocycles. The Bertz CT molecular complexity index is 792. The number of halogens is 2. The summed E-state index contributed by atoms with van der Waals surface area (Å²) in [5.74, 6) is -1.61. The second-order valence-electron chi connectivity index (χ2n) is 5.85. The molecule has 0 radical (unpaired) electrons. The van der Waals surface area contributed by atoms with Gasteiger partial charge in [0.15, 0.2) is 0 Å². The van der Waals surface area contributed by atoms with Crippen molar-refractivity contribution >= 4 is 34.8 Å². The van der Waals surface area contributed by atoms with Gasteiger partial charge in [-0.25, -0.2) is 4.39 Å². The highest BCUT2D eigenvalue weighted by molar-refractivity contribution is 6.30. The Morgan fingerprint density at radius 2 is 1.96 bits per heavy atom. The first-order chi connectivity index (χ1) is 11.4. The van der Waals surface area contributed by atoms with E-state index in [9.17, 15) is 14.0 Å². The summed E-state index contributed by atoms with van der Waals surface area (Å²) in [5, 5.41) is 2.79. The van der Waals surface area contributed by atoms with Crippen molar-refractivity contribution in [3.05, 3.63) is 58.9 Å². The normalized spacial score (nSPS) is 17.2. The van der Waals surface area contributed by atoms with E-state index in [1.54, 1.807) is 4.90 Å². The molecule has 2 aromatic rings. The molecule has 124 valence electrons. The summed E-state index contributed by atoms with van der Waals surface area (Å²) < 4.78 is 13.8. The van der Waals surface area contributed by atoms with E-state index in [1.807, 2.05) is 31.2 Å². The largest absolute Gasteiger partial charge is 0.323 e. The van der Waals surface area contributed by atoms with Gasteiger partial charge in [0.1, 0.15) is 5.82 Å². The molecular formula is C18H16ClFN2O2. The second-order valence-corrected chi connectivity index (χ2v) is 6.29. The smallest absolute Gasteiger partial charge is 0.229 e. The molecule has 2 aromatic carbocycles. The fourth-order valence-electron chi connectivity index (χ4n) is 2.68. The van der Waals surface area contributed by atoms with Gasteiger partial charge in [0.05, 0.1) is 11.6 Å². The van der Waals surface area contributed by atoms with Crippen molar-refractivity contribution in [1.82, 2.24) is 0 Å². The SMILES string of the molecule is Cc1ccc(N2C[C@@H](C(=O)Nc3ccc(Cl)cc3F)CC2=O)cc1. The van der Waals surface area contributed by atoms with Crippen molar-refractivity contribution in [3.8, 4) is 0 Å². The Kier molecular flexibility index (Phi) is 4.53. The number of hydrogen-bond acceptors (Lipinski definition) is 2. The van der Waals surface area contributed by atoms with Gasteiger partial charge in [-0.05, 0) is 37.3 Å². The van der Waals surface area contributed by atoms with Crippen LogP contribution in [0, 0.1) is 18.7 Å². The molecule has 1 fully saturated rings. The number of anilines is 2. The zero-order valence-electron chi connectivity index (χ0n) is 13.1. The predicted molar refractivity (Wildman–Crippen MR) is 91.7 cm³/mol. The fraction of sp³-hybridized carbons (Fsp3) is 0.222. The highest BCUT2D eigenvalue weighted by Gasteiger charge is 2.35. The maximum Gasteiger partial charge on any atom is 0.229 e. The molecule has 1 heterocycles. The molecule has 4 nitrogen and oxygen atoms in total. The summed E-state index contributed by atoms with van der Waals surface area (Å²) in [6.45, 7) is 2.25. The predicted octanol–water partition coefficient (Wildman–Crippen LogP) is 3.78. The summed E-state index contributed by atoms with van der Waals surface area (Å²) >= 11 is 5.69. The molecular weight excluding hydrogens is 331 g/mol. The Labute approximate surface area is 144 Å². The Morgan fingerprint density at radius 3 is 2.62 bits per heavy atom. The topological polar surface area (TPSA) is 49.4 Å². The Morgan fingerprint density at radius 1 is 1.25 bits per heavy atom. The number of carbonyl (C=O) groups excluding carboxylic acids is 2. The molecule has 1 aliphatic heterocycles. The van der Waals surface area contributed by atoms with Crippen LogP contribution < -0.4 is 10.2 Å². The lowest BCUT2D eigenvalue weighted by Crippen LogP contribution is -2.28. The lowest BCUT2D eigenvalue weighted by Gasteiger charge is -2.17. The highest BCUT2D eigenvalue weighted by Crippen LogP contribution is 2.27. The monoisotopic (exact) mass is 346 g/mol. The van der Waals surface area contributed by atoms with Crippen molar-refractivity contribution in [2.45, 2.75) is 13.3 Å². The summed E-state index contributed by atoms with van der Waals surface area (Å²) in [6, 6.07) is 11.6. The van der Waals surface area contributed by atoms with Crippen LogP contribution in [-0.4, -0.2) is 18.4 Å². The first kappa shape index (κ1) is 16.5. The van der Waals surface area contributed by atoms with E-state index in [0.29, 0.717) is 0 Å². The molecule has 0 spiro atoms. The minimum atomic E-state index is -0.601. The average molecular weight is 347 g/mol. The quantitative estimate of drug-likeness (QED) is 0.919. The maximum absolute atomic E-state index is 13.8. The number of benzene rings is 2. The molecule has 0 aromatic heterocycles. The second kappa shape index (κ2) is 6.61. The minimum Gasteiger partial charge on any atom is -0.323 e. The molecule has 1 atom stereocenters. The van der Waals surface area contributed by atoms with Crippen LogP contribution in [-0.2, 0) is 9.59 Å². The summed E-state index contributed by atoms with van der Waals surface area (Å²) in [7, 11) is 0. The standard InChI is InChI=1S/C18H16ClFN2O2/c1-11-2-5-14(6-3-11)22-10-12(8-17(22)23)18(24)21-16-7-4-13(19)9-15(16)20/h2-7,9,12H,8,10H2,1H3,(H,21,24)/t12-/m0/s1. The number of aryl methyl sites for hydroxylation is 1. The number of rotatable bonds is 3. The number of amides is 2.